The summed E-state index contributed by atoms with van der Waals surface area (Å²) in [4.78, 5) is 4.31. The van der Waals surface area contributed by atoms with Gasteiger partial charge in [-0.25, -0.2) is 0 Å². The first kappa shape index (κ1) is 11.9. The predicted octanol–water partition coefficient (Wildman–Crippen LogP) is 2.26. The Morgan fingerprint density at radius 2 is 2.29 bits per heavy atom. The average molecular weight is 235 g/mol. The Bertz CT molecular complexity index is 436. The fraction of sp³-hybridized carbons (Fsp3) is 0.500. The molecule has 0 aliphatic carbocycles. The largest absolute Gasteiger partial charge is 0.461 e. The standard InChI is InChI=1S/C12H17N3O2/c1-3-9(13-4-2)8-11-14-12(15-17-11)10-6-5-7-16-10/h5-7,9,13H,3-4,8H2,1-2H3. The average Bonchev–Trinajstić information content (AvgIpc) is 2.98. The number of nitrogens with zero attached hydrogens (tertiary/aromatic N) is 2. The van der Waals surface area contributed by atoms with Crippen LogP contribution in [0.3, 0.4) is 0 Å². The van der Waals surface area contributed by atoms with Crippen LogP contribution in [0.2, 0.25) is 0 Å². The smallest absolute Gasteiger partial charge is 0.238 e. The molecule has 1 unspecified atom stereocenters. The van der Waals surface area contributed by atoms with Crippen LogP contribution in [0, 0.1) is 0 Å². The van der Waals surface area contributed by atoms with E-state index in [1.165, 1.54) is 0 Å². The highest BCUT2D eigenvalue weighted by molar-refractivity contribution is 5.44. The molecule has 1 atom stereocenters. The Morgan fingerprint density at radius 3 is 2.94 bits per heavy atom. The van der Waals surface area contributed by atoms with Crippen LogP contribution in [0.5, 0.6) is 0 Å². The van der Waals surface area contributed by atoms with Crippen LogP contribution in [0.1, 0.15) is 26.2 Å². The van der Waals surface area contributed by atoms with Gasteiger partial charge in [-0.2, -0.15) is 4.98 Å². The number of aromatic nitrogens is 2. The number of likely N-dealkylation sites (N-methyl/N-ethyl adjacent to an activating group) is 1. The first-order valence-electron chi connectivity index (χ1n) is 5.93. The fourth-order valence-corrected chi connectivity index (χ4v) is 1.70. The van der Waals surface area contributed by atoms with Crippen LogP contribution in [0.15, 0.2) is 27.3 Å². The molecule has 92 valence electrons. The zero-order valence-electron chi connectivity index (χ0n) is 10.1. The molecule has 2 aromatic heterocycles. The van der Waals surface area contributed by atoms with Crippen molar-refractivity contribution in [3.05, 3.63) is 24.3 Å². The van der Waals surface area contributed by atoms with Gasteiger partial charge in [-0.15, -0.1) is 0 Å². The first-order chi connectivity index (χ1) is 8.33. The van der Waals surface area contributed by atoms with E-state index >= 15 is 0 Å². The van der Waals surface area contributed by atoms with Crippen LogP contribution in [-0.2, 0) is 6.42 Å². The Kier molecular flexibility index (Phi) is 3.93. The molecule has 2 aromatic rings. The Morgan fingerprint density at radius 1 is 1.41 bits per heavy atom. The molecule has 0 spiro atoms. The van der Waals surface area contributed by atoms with Crippen molar-refractivity contribution < 1.29 is 8.94 Å². The second-order valence-electron chi connectivity index (χ2n) is 3.86. The van der Waals surface area contributed by atoms with Crippen LogP contribution >= 0.6 is 0 Å². The molecule has 0 saturated carbocycles. The number of hydrogen-bond acceptors (Lipinski definition) is 5. The van der Waals surface area contributed by atoms with Gasteiger partial charge < -0.3 is 14.3 Å². The molecule has 0 radical (unpaired) electrons. The lowest BCUT2D eigenvalue weighted by Crippen LogP contribution is -2.30. The second kappa shape index (κ2) is 5.63. The summed E-state index contributed by atoms with van der Waals surface area (Å²) in [7, 11) is 0. The van der Waals surface area contributed by atoms with E-state index in [9.17, 15) is 0 Å². The van der Waals surface area contributed by atoms with Crippen molar-refractivity contribution in [3.8, 4) is 11.6 Å². The highest BCUT2D eigenvalue weighted by atomic mass is 16.5. The molecule has 1 N–H and O–H groups in total. The fourth-order valence-electron chi connectivity index (χ4n) is 1.70. The number of rotatable bonds is 6. The lowest BCUT2D eigenvalue weighted by molar-refractivity contribution is 0.355. The monoisotopic (exact) mass is 235 g/mol. The van der Waals surface area contributed by atoms with E-state index in [1.54, 1.807) is 12.3 Å². The normalized spacial score (nSPS) is 12.8. The number of furan rings is 1. The third-order valence-corrected chi connectivity index (χ3v) is 2.62. The van der Waals surface area contributed by atoms with Gasteiger partial charge in [0.05, 0.1) is 6.26 Å². The summed E-state index contributed by atoms with van der Waals surface area (Å²) in [6.45, 7) is 5.17. The molecule has 5 heteroatoms. The van der Waals surface area contributed by atoms with Crippen molar-refractivity contribution in [1.82, 2.24) is 15.5 Å². The van der Waals surface area contributed by atoms with E-state index in [1.807, 2.05) is 6.07 Å². The van der Waals surface area contributed by atoms with Gasteiger partial charge in [0.15, 0.2) is 5.76 Å². The highest BCUT2D eigenvalue weighted by Crippen LogP contribution is 2.16. The van der Waals surface area contributed by atoms with E-state index in [4.69, 9.17) is 8.94 Å². The maximum absolute atomic E-state index is 5.21. The molecule has 17 heavy (non-hydrogen) atoms. The van der Waals surface area contributed by atoms with Crippen LogP contribution in [0.4, 0.5) is 0 Å². The Labute approximate surface area is 100 Å². The molecular weight excluding hydrogens is 218 g/mol. The lowest BCUT2D eigenvalue weighted by atomic mass is 10.1. The third kappa shape index (κ3) is 2.94. The van der Waals surface area contributed by atoms with Gasteiger partial charge in [-0.1, -0.05) is 19.0 Å². The van der Waals surface area contributed by atoms with E-state index < -0.39 is 0 Å². The molecule has 2 heterocycles. The third-order valence-electron chi connectivity index (χ3n) is 2.62. The molecule has 0 bridgehead atoms. The van der Waals surface area contributed by atoms with Crippen LogP contribution < -0.4 is 5.32 Å². The molecule has 5 nitrogen and oxygen atoms in total. The first-order valence-corrected chi connectivity index (χ1v) is 5.93. The van der Waals surface area contributed by atoms with Crippen molar-refractivity contribution in [1.29, 1.82) is 0 Å². The van der Waals surface area contributed by atoms with Crippen molar-refractivity contribution in [3.63, 3.8) is 0 Å². The maximum atomic E-state index is 5.21. The minimum Gasteiger partial charge on any atom is -0.461 e. The molecule has 0 aliphatic rings. The zero-order chi connectivity index (χ0) is 12.1. The van der Waals surface area contributed by atoms with Gasteiger partial charge in [0.1, 0.15) is 0 Å². The molecular formula is C12H17N3O2. The number of nitrogens with one attached hydrogen (secondary N) is 1. The maximum Gasteiger partial charge on any atom is 0.238 e. The Hall–Kier alpha value is -1.62. The van der Waals surface area contributed by atoms with Gasteiger partial charge in [-0.05, 0) is 25.1 Å². The second-order valence-corrected chi connectivity index (χ2v) is 3.86. The molecule has 0 saturated heterocycles. The van der Waals surface area contributed by atoms with Crippen molar-refractivity contribution in [2.45, 2.75) is 32.7 Å². The summed E-state index contributed by atoms with van der Waals surface area (Å²) in [5.74, 6) is 1.79. The molecule has 0 amide bonds. The summed E-state index contributed by atoms with van der Waals surface area (Å²) >= 11 is 0. The summed E-state index contributed by atoms with van der Waals surface area (Å²) < 4.78 is 10.4. The summed E-state index contributed by atoms with van der Waals surface area (Å²) in [5.41, 5.74) is 0. The topological polar surface area (TPSA) is 64.1 Å². The van der Waals surface area contributed by atoms with E-state index in [0.29, 0.717) is 23.5 Å². The zero-order valence-corrected chi connectivity index (χ0v) is 10.1. The van der Waals surface area contributed by atoms with Gasteiger partial charge >= 0.3 is 0 Å². The quantitative estimate of drug-likeness (QED) is 0.832. The minimum atomic E-state index is 0.380. The molecule has 0 aliphatic heterocycles. The van der Waals surface area contributed by atoms with Crippen LogP contribution in [0.25, 0.3) is 11.6 Å². The highest BCUT2D eigenvalue weighted by Gasteiger charge is 2.14. The number of hydrogen-bond donors (Lipinski definition) is 1. The molecule has 0 fully saturated rings. The van der Waals surface area contributed by atoms with E-state index in [0.717, 1.165) is 19.4 Å². The summed E-state index contributed by atoms with van der Waals surface area (Å²) in [5, 5.41) is 7.27. The molecule has 2 rings (SSSR count). The van der Waals surface area contributed by atoms with Gasteiger partial charge in [0.2, 0.25) is 11.7 Å². The van der Waals surface area contributed by atoms with Gasteiger partial charge in [0.25, 0.3) is 0 Å². The van der Waals surface area contributed by atoms with Gasteiger partial charge in [0, 0.05) is 12.5 Å². The SMILES string of the molecule is CCNC(CC)Cc1nc(-c2ccco2)no1. The van der Waals surface area contributed by atoms with Gasteiger partial charge in [-0.3, -0.25) is 0 Å². The van der Waals surface area contributed by atoms with Crippen molar-refractivity contribution in [2.75, 3.05) is 6.54 Å². The minimum absolute atomic E-state index is 0.380. The molecule has 0 aromatic carbocycles. The summed E-state index contributed by atoms with van der Waals surface area (Å²) in [6, 6.07) is 4.00. The van der Waals surface area contributed by atoms with Crippen molar-refractivity contribution >= 4 is 0 Å². The lowest BCUT2D eigenvalue weighted by Gasteiger charge is -2.12. The van der Waals surface area contributed by atoms with Crippen LogP contribution in [-0.4, -0.2) is 22.7 Å². The predicted molar refractivity (Wildman–Crippen MR) is 63.5 cm³/mol. The van der Waals surface area contributed by atoms with E-state index in [-0.39, 0.29) is 0 Å². The van der Waals surface area contributed by atoms with Crippen molar-refractivity contribution in [2.24, 2.45) is 0 Å². The summed E-state index contributed by atoms with van der Waals surface area (Å²) in [6.07, 6.45) is 3.38. The van der Waals surface area contributed by atoms with E-state index in [2.05, 4.69) is 29.3 Å². The Balaban J connectivity index is 2.03.